The molecular weight excluding hydrogens is 435 g/mol. The van der Waals surface area contributed by atoms with Gasteiger partial charge in [0.1, 0.15) is 5.75 Å². The number of hydrogen-bond acceptors (Lipinski definition) is 4. The number of piperidine rings is 1. The summed E-state index contributed by atoms with van der Waals surface area (Å²) in [5, 5.41) is 3.72. The van der Waals surface area contributed by atoms with E-state index in [0.29, 0.717) is 29.3 Å². The summed E-state index contributed by atoms with van der Waals surface area (Å²) >= 11 is 12.2. The van der Waals surface area contributed by atoms with Crippen LogP contribution in [0.5, 0.6) is 5.75 Å². The highest BCUT2D eigenvalue weighted by molar-refractivity contribution is 7.89. The van der Waals surface area contributed by atoms with Crippen molar-refractivity contribution in [2.75, 3.05) is 25.5 Å². The Labute approximate surface area is 180 Å². The molecule has 0 bridgehead atoms. The summed E-state index contributed by atoms with van der Waals surface area (Å²) in [5.41, 5.74) is 1.48. The van der Waals surface area contributed by atoms with E-state index >= 15 is 0 Å². The monoisotopic (exact) mass is 456 g/mol. The van der Waals surface area contributed by atoms with Crippen molar-refractivity contribution in [1.82, 2.24) is 4.31 Å². The van der Waals surface area contributed by atoms with Crippen LogP contribution in [0.4, 0.5) is 5.69 Å². The Kier molecular flexibility index (Phi) is 6.73. The number of nitrogens with one attached hydrogen (secondary N) is 1. The van der Waals surface area contributed by atoms with E-state index in [4.69, 9.17) is 27.9 Å². The highest BCUT2D eigenvalue weighted by Gasteiger charge is 2.32. The van der Waals surface area contributed by atoms with Crippen molar-refractivity contribution in [2.24, 2.45) is 5.92 Å². The van der Waals surface area contributed by atoms with E-state index in [1.54, 1.807) is 18.2 Å². The number of nitrogens with zero attached hydrogens (tertiary/aromatic N) is 1. The fourth-order valence-corrected chi connectivity index (χ4v) is 5.29. The average Bonchev–Trinajstić information content (AvgIpc) is 2.71. The lowest BCUT2D eigenvalue weighted by Crippen LogP contribution is -2.41. The fourth-order valence-electron chi connectivity index (χ4n) is 3.29. The van der Waals surface area contributed by atoms with Crippen molar-refractivity contribution < 1.29 is 17.9 Å². The molecule has 0 aliphatic carbocycles. The van der Waals surface area contributed by atoms with Crippen molar-refractivity contribution in [2.45, 2.75) is 24.7 Å². The lowest BCUT2D eigenvalue weighted by Gasteiger charge is -2.30. The molecule has 156 valence electrons. The van der Waals surface area contributed by atoms with Crippen LogP contribution in [0.25, 0.3) is 0 Å². The first-order valence-corrected chi connectivity index (χ1v) is 11.3. The Morgan fingerprint density at radius 3 is 2.45 bits per heavy atom. The van der Waals surface area contributed by atoms with Crippen LogP contribution in [0.1, 0.15) is 18.4 Å². The molecule has 1 heterocycles. The molecule has 0 radical (unpaired) electrons. The number of carbonyl (C=O) groups excluding carboxylic acids is 1. The quantitative estimate of drug-likeness (QED) is 0.725. The SMILES string of the molecule is COc1ccc(S(=O)(=O)N2CCC(C(=O)Nc3cccc(Cl)c3C)CC2)cc1Cl. The Hall–Kier alpha value is -1.80. The van der Waals surface area contributed by atoms with Crippen LogP contribution in [0.15, 0.2) is 41.3 Å². The standard InChI is InChI=1S/C20H22Cl2N2O4S/c1-13-16(21)4-3-5-18(13)23-20(25)14-8-10-24(11-9-14)29(26,27)15-6-7-19(28-2)17(22)12-15/h3-7,12,14H,8-11H2,1-2H3,(H,23,25). The number of anilines is 1. The summed E-state index contributed by atoms with van der Waals surface area (Å²) in [6.07, 6.45) is 0.878. The second-order valence-corrected chi connectivity index (χ2v) is 9.63. The third-order valence-electron chi connectivity index (χ3n) is 5.11. The summed E-state index contributed by atoms with van der Waals surface area (Å²) in [5.74, 6) is 0.0245. The summed E-state index contributed by atoms with van der Waals surface area (Å²) in [6.45, 7) is 2.37. The fraction of sp³-hybridized carbons (Fsp3) is 0.350. The van der Waals surface area contributed by atoms with Gasteiger partial charge in [-0.05, 0) is 55.7 Å². The molecule has 1 aliphatic rings. The van der Waals surface area contributed by atoms with E-state index in [-0.39, 0.29) is 34.8 Å². The van der Waals surface area contributed by atoms with Crippen molar-refractivity contribution in [3.63, 3.8) is 0 Å². The number of carbonyl (C=O) groups is 1. The highest BCUT2D eigenvalue weighted by atomic mass is 35.5. The number of methoxy groups -OCH3 is 1. The van der Waals surface area contributed by atoms with Crippen LogP contribution < -0.4 is 10.1 Å². The maximum atomic E-state index is 12.9. The smallest absolute Gasteiger partial charge is 0.243 e. The summed E-state index contributed by atoms with van der Waals surface area (Å²) in [7, 11) is -2.22. The Balaban J connectivity index is 1.65. The molecule has 1 saturated heterocycles. The van der Waals surface area contributed by atoms with Gasteiger partial charge in [0.2, 0.25) is 15.9 Å². The summed E-state index contributed by atoms with van der Waals surface area (Å²) in [6, 6.07) is 9.73. The Bertz CT molecular complexity index is 1020. The third-order valence-corrected chi connectivity index (χ3v) is 7.71. The van der Waals surface area contributed by atoms with Crippen LogP contribution >= 0.6 is 23.2 Å². The minimum Gasteiger partial charge on any atom is -0.495 e. The number of amides is 1. The van der Waals surface area contributed by atoms with Gasteiger partial charge in [0, 0.05) is 29.7 Å². The molecule has 0 unspecified atom stereocenters. The molecule has 6 nitrogen and oxygen atoms in total. The van der Waals surface area contributed by atoms with E-state index in [1.165, 1.54) is 29.6 Å². The third kappa shape index (κ3) is 4.69. The number of hydrogen-bond donors (Lipinski definition) is 1. The molecule has 1 amide bonds. The minimum atomic E-state index is -3.69. The number of sulfonamides is 1. The lowest BCUT2D eigenvalue weighted by atomic mass is 9.97. The first kappa shape index (κ1) is 21.9. The van der Waals surface area contributed by atoms with Crippen LogP contribution in [0.2, 0.25) is 10.0 Å². The van der Waals surface area contributed by atoms with Gasteiger partial charge >= 0.3 is 0 Å². The molecular formula is C20H22Cl2N2O4S. The maximum Gasteiger partial charge on any atom is 0.243 e. The number of benzene rings is 2. The minimum absolute atomic E-state index is 0.112. The van der Waals surface area contributed by atoms with Gasteiger partial charge in [-0.2, -0.15) is 4.31 Å². The Morgan fingerprint density at radius 2 is 1.83 bits per heavy atom. The molecule has 29 heavy (non-hydrogen) atoms. The molecule has 1 N–H and O–H groups in total. The van der Waals surface area contributed by atoms with Crippen LogP contribution in [0, 0.1) is 12.8 Å². The van der Waals surface area contributed by atoms with E-state index in [0.717, 1.165) is 5.56 Å². The van der Waals surface area contributed by atoms with E-state index < -0.39 is 10.0 Å². The zero-order valence-electron chi connectivity index (χ0n) is 16.1. The largest absolute Gasteiger partial charge is 0.495 e. The lowest BCUT2D eigenvalue weighted by molar-refractivity contribution is -0.120. The predicted octanol–water partition coefficient (Wildman–Crippen LogP) is 4.35. The van der Waals surface area contributed by atoms with Gasteiger partial charge in [-0.25, -0.2) is 8.42 Å². The average molecular weight is 457 g/mol. The van der Waals surface area contributed by atoms with Crippen molar-refractivity contribution in [1.29, 1.82) is 0 Å². The molecule has 0 saturated carbocycles. The highest BCUT2D eigenvalue weighted by Crippen LogP contribution is 2.31. The van der Waals surface area contributed by atoms with Gasteiger partial charge in [0.25, 0.3) is 0 Å². The number of ether oxygens (including phenoxy) is 1. The second kappa shape index (κ2) is 8.92. The zero-order valence-corrected chi connectivity index (χ0v) is 18.4. The summed E-state index contributed by atoms with van der Waals surface area (Å²) < 4.78 is 32.3. The van der Waals surface area contributed by atoms with E-state index in [2.05, 4.69) is 5.32 Å². The summed E-state index contributed by atoms with van der Waals surface area (Å²) in [4.78, 5) is 12.7. The normalized spacial score (nSPS) is 15.9. The first-order valence-electron chi connectivity index (χ1n) is 9.13. The molecule has 0 aromatic heterocycles. The second-order valence-electron chi connectivity index (χ2n) is 6.88. The molecule has 9 heteroatoms. The van der Waals surface area contributed by atoms with Gasteiger partial charge in [0.05, 0.1) is 17.0 Å². The van der Waals surface area contributed by atoms with Crippen molar-refractivity contribution in [3.05, 3.63) is 52.0 Å². The van der Waals surface area contributed by atoms with E-state index in [1.807, 2.05) is 6.92 Å². The molecule has 2 aromatic carbocycles. The molecule has 2 aromatic rings. The molecule has 1 aliphatic heterocycles. The Morgan fingerprint density at radius 1 is 1.14 bits per heavy atom. The zero-order chi connectivity index (χ0) is 21.2. The van der Waals surface area contributed by atoms with Gasteiger partial charge in [-0.1, -0.05) is 29.3 Å². The van der Waals surface area contributed by atoms with Crippen LogP contribution in [0.3, 0.4) is 0 Å². The molecule has 0 atom stereocenters. The van der Waals surface area contributed by atoms with Crippen LogP contribution in [-0.2, 0) is 14.8 Å². The molecule has 3 rings (SSSR count). The number of halogens is 2. The topological polar surface area (TPSA) is 75.7 Å². The predicted molar refractivity (Wildman–Crippen MR) is 114 cm³/mol. The molecule has 0 spiro atoms. The maximum absolute atomic E-state index is 12.9. The number of rotatable bonds is 5. The van der Waals surface area contributed by atoms with E-state index in [9.17, 15) is 13.2 Å². The van der Waals surface area contributed by atoms with Gasteiger partial charge in [-0.3, -0.25) is 4.79 Å². The van der Waals surface area contributed by atoms with Crippen molar-refractivity contribution in [3.8, 4) is 5.75 Å². The van der Waals surface area contributed by atoms with Crippen LogP contribution in [-0.4, -0.2) is 38.8 Å². The first-order chi connectivity index (χ1) is 13.7. The van der Waals surface area contributed by atoms with Gasteiger partial charge in [-0.15, -0.1) is 0 Å². The van der Waals surface area contributed by atoms with Crippen molar-refractivity contribution >= 4 is 44.8 Å². The van der Waals surface area contributed by atoms with Gasteiger partial charge < -0.3 is 10.1 Å². The molecule has 1 fully saturated rings. The van der Waals surface area contributed by atoms with Gasteiger partial charge in [0.15, 0.2) is 0 Å².